The van der Waals surface area contributed by atoms with Crippen molar-refractivity contribution in [3.8, 4) is 0 Å². The molecule has 0 aliphatic heterocycles. The van der Waals surface area contributed by atoms with Crippen LogP contribution in [0, 0.1) is 22.9 Å². The summed E-state index contributed by atoms with van der Waals surface area (Å²) in [5.41, 5.74) is 0.682. The Morgan fingerprint density at radius 3 is 2.52 bits per heavy atom. The van der Waals surface area contributed by atoms with Gasteiger partial charge in [-0.2, -0.15) is 0 Å². The van der Waals surface area contributed by atoms with Crippen molar-refractivity contribution in [3.63, 3.8) is 0 Å². The minimum absolute atomic E-state index is 0.0419. The molecule has 0 aliphatic rings. The van der Waals surface area contributed by atoms with Crippen molar-refractivity contribution in [1.29, 1.82) is 0 Å². The highest BCUT2D eigenvalue weighted by molar-refractivity contribution is 8.00. The molecule has 0 fully saturated rings. The number of thioether (sulfide) groups is 1. The molecule has 7 nitrogen and oxygen atoms in total. The second kappa shape index (κ2) is 9.13. The van der Waals surface area contributed by atoms with Crippen molar-refractivity contribution < 1.29 is 23.6 Å². The first-order valence-electron chi connectivity index (χ1n) is 7.90. The summed E-state index contributed by atoms with van der Waals surface area (Å²) in [4.78, 5) is 34.6. The van der Waals surface area contributed by atoms with E-state index in [0.717, 1.165) is 11.8 Å². The molecule has 1 N–H and O–H groups in total. The number of amides is 1. The summed E-state index contributed by atoms with van der Waals surface area (Å²) in [5, 5.41) is 13.1. The van der Waals surface area contributed by atoms with Crippen molar-refractivity contribution in [1.82, 2.24) is 0 Å². The number of aryl methyl sites for hydroxylation is 1. The Labute approximate surface area is 159 Å². The summed E-state index contributed by atoms with van der Waals surface area (Å²) < 4.78 is 18.5. The van der Waals surface area contributed by atoms with Crippen LogP contribution < -0.4 is 5.32 Å². The topological polar surface area (TPSA) is 98.5 Å². The van der Waals surface area contributed by atoms with Crippen LogP contribution >= 0.6 is 11.8 Å². The van der Waals surface area contributed by atoms with Gasteiger partial charge in [0.25, 0.3) is 11.6 Å². The highest BCUT2D eigenvalue weighted by Crippen LogP contribution is 2.21. The molecule has 1 amide bonds. The second-order valence-electron chi connectivity index (χ2n) is 5.62. The average Bonchev–Trinajstić information content (AvgIpc) is 2.63. The van der Waals surface area contributed by atoms with Gasteiger partial charge < -0.3 is 10.1 Å². The average molecular weight is 392 g/mol. The Kier molecular flexibility index (Phi) is 6.89. The third kappa shape index (κ3) is 6.07. The van der Waals surface area contributed by atoms with Gasteiger partial charge in [0.1, 0.15) is 5.82 Å². The fourth-order valence-electron chi connectivity index (χ4n) is 2.01. The molecule has 0 unspecified atom stereocenters. The fourth-order valence-corrected chi connectivity index (χ4v) is 2.69. The maximum absolute atomic E-state index is 13.5. The van der Waals surface area contributed by atoms with Crippen molar-refractivity contribution in [2.75, 3.05) is 11.1 Å². The van der Waals surface area contributed by atoms with E-state index in [4.69, 9.17) is 4.74 Å². The highest BCUT2D eigenvalue weighted by atomic mass is 32.2. The first kappa shape index (κ1) is 20.4. The summed E-state index contributed by atoms with van der Waals surface area (Å²) in [5.74, 6) is -1.70. The van der Waals surface area contributed by atoms with Gasteiger partial charge in [0.05, 0.1) is 10.7 Å². The van der Waals surface area contributed by atoms with Crippen LogP contribution in [0.3, 0.4) is 0 Å². The molecule has 0 spiro atoms. The minimum Gasteiger partial charge on any atom is -0.452 e. The summed E-state index contributed by atoms with van der Waals surface area (Å²) in [6.45, 7) is 3.02. The number of esters is 1. The number of halogens is 1. The molecular formula is C18H17FN2O5S. The summed E-state index contributed by atoms with van der Waals surface area (Å²) >= 11 is 1.13. The van der Waals surface area contributed by atoms with Crippen LogP contribution in [0.4, 0.5) is 15.8 Å². The van der Waals surface area contributed by atoms with Gasteiger partial charge in [0, 0.05) is 22.7 Å². The number of non-ortho nitro benzene ring substituents is 1. The van der Waals surface area contributed by atoms with E-state index in [2.05, 4.69) is 5.32 Å². The van der Waals surface area contributed by atoms with E-state index in [1.54, 1.807) is 13.0 Å². The Balaban J connectivity index is 1.82. The molecule has 2 aromatic carbocycles. The van der Waals surface area contributed by atoms with E-state index in [0.29, 0.717) is 10.5 Å². The number of carbonyl (C=O) groups excluding carboxylic acids is 2. The van der Waals surface area contributed by atoms with Gasteiger partial charge in [-0.25, -0.2) is 4.39 Å². The van der Waals surface area contributed by atoms with Crippen molar-refractivity contribution in [2.45, 2.75) is 24.8 Å². The van der Waals surface area contributed by atoms with E-state index < -0.39 is 28.7 Å². The molecule has 1 atom stereocenters. The number of nitro benzene ring substituents is 1. The molecule has 0 aromatic heterocycles. The number of ether oxygens (including phenoxy) is 1. The highest BCUT2D eigenvalue weighted by Gasteiger charge is 2.18. The van der Waals surface area contributed by atoms with E-state index in [9.17, 15) is 24.1 Å². The molecule has 0 aliphatic carbocycles. The predicted octanol–water partition coefficient (Wildman–Crippen LogP) is 3.70. The molecule has 2 aromatic rings. The zero-order valence-electron chi connectivity index (χ0n) is 14.6. The van der Waals surface area contributed by atoms with Gasteiger partial charge >= 0.3 is 5.97 Å². The lowest BCUT2D eigenvalue weighted by atomic mass is 10.2. The van der Waals surface area contributed by atoms with Crippen LogP contribution in [0.15, 0.2) is 47.4 Å². The first-order chi connectivity index (χ1) is 12.8. The Bertz CT molecular complexity index is 857. The van der Waals surface area contributed by atoms with Crippen LogP contribution in [0.25, 0.3) is 0 Å². The van der Waals surface area contributed by atoms with Gasteiger partial charge in [0.15, 0.2) is 6.10 Å². The summed E-state index contributed by atoms with van der Waals surface area (Å²) in [6, 6.07) is 10.00. The van der Waals surface area contributed by atoms with Crippen LogP contribution in [-0.2, 0) is 14.3 Å². The maximum atomic E-state index is 13.5. The van der Waals surface area contributed by atoms with Crippen LogP contribution in [0.1, 0.15) is 12.5 Å². The number of nitrogens with one attached hydrogen (secondary N) is 1. The number of nitro groups is 1. The van der Waals surface area contributed by atoms with Gasteiger partial charge in [0.2, 0.25) is 0 Å². The van der Waals surface area contributed by atoms with Gasteiger partial charge in [-0.05, 0) is 43.7 Å². The number of hydrogen-bond acceptors (Lipinski definition) is 6. The molecule has 0 heterocycles. The first-order valence-corrected chi connectivity index (χ1v) is 8.88. The minimum atomic E-state index is -1.06. The molecule has 9 heteroatoms. The SMILES string of the molecule is Cc1ccc(NC(=O)[C@@H](C)OC(=O)CSc2ccc([N+](=O)[O-])cc2)cc1F. The normalized spacial score (nSPS) is 11.5. The number of hydrogen-bond donors (Lipinski definition) is 1. The molecule has 27 heavy (non-hydrogen) atoms. The predicted molar refractivity (Wildman–Crippen MR) is 99.1 cm³/mol. The van der Waals surface area contributed by atoms with E-state index in [1.165, 1.54) is 43.3 Å². The number of rotatable bonds is 7. The Hall–Kier alpha value is -2.94. The monoisotopic (exact) mass is 392 g/mol. The molecule has 0 saturated heterocycles. The number of benzene rings is 2. The second-order valence-corrected chi connectivity index (χ2v) is 6.67. The van der Waals surface area contributed by atoms with E-state index in [-0.39, 0.29) is 17.1 Å². The standard InChI is InChI=1S/C18H17FN2O5S/c1-11-3-4-13(9-16(11)19)20-18(23)12(2)26-17(22)10-27-15-7-5-14(6-8-15)21(24)25/h3-9,12H,10H2,1-2H3,(H,20,23)/t12-/m1/s1. The van der Waals surface area contributed by atoms with Crippen LogP contribution in [-0.4, -0.2) is 28.7 Å². The Morgan fingerprint density at radius 2 is 1.93 bits per heavy atom. The summed E-state index contributed by atoms with van der Waals surface area (Å²) in [7, 11) is 0. The largest absolute Gasteiger partial charge is 0.452 e. The molecule has 0 radical (unpaired) electrons. The quantitative estimate of drug-likeness (QED) is 0.334. The number of anilines is 1. The smallest absolute Gasteiger partial charge is 0.317 e. The van der Waals surface area contributed by atoms with E-state index >= 15 is 0 Å². The molecule has 142 valence electrons. The van der Waals surface area contributed by atoms with Gasteiger partial charge in [-0.15, -0.1) is 11.8 Å². The lowest BCUT2D eigenvalue weighted by Gasteiger charge is -2.13. The van der Waals surface area contributed by atoms with Gasteiger partial charge in [-0.3, -0.25) is 19.7 Å². The summed E-state index contributed by atoms with van der Waals surface area (Å²) in [6.07, 6.45) is -1.06. The lowest BCUT2D eigenvalue weighted by Crippen LogP contribution is -2.30. The number of nitrogens with zero attached hydrogens (tertiary/aromatic N) is 1. The van der Waals surface area contributed by atoms with Crippen LogP contribution in [0.2, 0.25) is 0 Å². The van der Waals surface area contributed by atoms with Crippen molar-refractivity contribution in [3.05, 3.63) is 64.0 Å². The van der Waals surface area contributed by atoms with Crippen LogP contribution in [0.5, 0.6) is 0 Å². The van der Waals surface area contributed by atoms with E-state index in [1.807, 2.05) is 0 Å². The third-order valence-corrected chi connectivity index (χ3v) is 4.51. The van der Waals surface area contributed by atoms with Gasteiger partial charge in [-0.1, -0.05) is 6.07 Å². The third-order valence-electron chi connectivity index (χ3n) is 3.52. The molecule has 2 rings (SSSR count). The van der Waals surface area contributed by atoms with Crippen molar-refractivity contribution in [2.24, 2.45) is 0 Å². The molecule has 0 saturated carbocycles. The zero-order valence-corrected chi connectivity index (χ0v) is 15.4. The van der Waals surface area contributed by atoms with Crippen molar-refractivity contribution >= 4 is 35.0 Å². The number of carbonyl (C=O) groups is 2. The maximum Gasteiger partial charge on any atom is 0.317 e. The zero-order chi connectivity index (χ0) is 20.0. The molecular weight excluding hydrogens is 375 g/mol. The fraction of sp³-hybridized carbons (Fsp3) is 0.222. The molecule has 0 bridgehead atoms. The lowest BCUT2D eigenvalue weighted by molar-refractivity contribution is -0.384. The Morgan fingerprint density at radius 1 is 1.26 bits per heavy atom.